The minimum Gasteiger partial charge on any atom is -0.385 e. The molecule has 2 saturated heterocycles. The molecule has 2 fully saturated rings. The van der Waals surface area contributed by atoms with Crippen LogP contribution in [0.3, 0.4) is 0 Å². The van der Waals surface area contributed by atoms with Gasteiger partial charge in [0, 0.05) is 61.1 Å². The molecular weight excluding hydrogens is 482 g/mol. The van der Waals surface area contributed by atoms with Crippen molar-refractivity contribution in [1.82, 2.24) is 0 Å². The molecule has 4 aromatic rings. The Kier molecular flexibility index (Phi) is 7.98. The molecule has 0 saturated carbocycles. The van der Waals surface area contributed by atoms with Crippen LogP contribution in [0.15, 0.2) is 84.9 Å². The summed E-state index contributed by atoms with van der Waals surface area (Å²) in [5.41, 5.74) is 7.71. The van der Waals surface area contributed by atoms with Crippen LogP contribution in [0.4, 0.5) is 17.1 Å². The molecule has 0 bridgehead atoms. The standard InChI is InChI=1S/C34H39N3O2/c1-2-17-35-33-16-15-32(30-5-3-4-6-31(30)33)34(26-7-11-28(12-8-26)36-18-22-38-23-19-36)27-9-13-29(14-10-27)37-20-24-39-25-21-37/h3-16,34-35H,2,17-25H2,1H3. The zero-order valence-corrected chi connectivity index (χ0v) is 22.9. The minimum atomic E-state index is 0.132. The Balaban J connectivity index is 1.41. The second-order valence-corrected chi connectivity index (χ2v) is 10.5. The Morgan fingerprint density at radius 3 is 1.67 bits per heavy atom. The monoisotopic (exact) mass is 521 g/mol. The average molecular weight is 522 g/mol. The van der Waals surface area contributed by atoms with E-state index in [1.165, 1.54) is 44.5 Å². The van der Waals surface area contributed by atoms with Crippen molar-refractivity contribution >= 4 is 27.8 Å². The molecule has 5 nitrogen and oxygen atoms in total. The molecule has 0 amide bonds. The molecule has 6 rings (SSSR count). The Hall–Kier alpha value is -3.54. The number of hydrogen-bond acceptors (Lipinski definition) is 5. The molecule has 2 aliphatic rings. The largest absolute Gasteiger partial charge is 0.385 e. The fraction of sp³-hybridized carbons (Fsp3) is 0.353. The van der Waals surface area contributed by atoms with E-state index in [1.807, 2.05) is 0 Å². The average Bonchev–Trinajstić information content (AvgIpc) is 3.02. The van der Waals surface area contributed by atoms with Gasteiger partial charge >= 0.3 is 0 Å². The third-order valence-corrected chi connectivity index (χ3v) is 8.04. The summed E-state index contributed by atoms with van der Waals surface area (Å²) in [7, 11) is 0. The van der Waals surface area contributed by atoms with Crippen molar-refractivity contribution in [1.29, 1.82) is 0 Å². The lowest BCUT2D eigenvalue weighted by Crippen LogP contribution is -2.36. The molecular formula is C34H39N3O2. The quantitative estimate of drug-likeness (QED) is 0.267. The SMILES string of the molecule is CCCNc1ccc(C(c2ccc(N3CCOCC3)cc2)c2ccc(N3CCOCC3)cc2)c2ccccc12. The van der Waals surface area contributed by atoms with Crippen molar-refractivity contribution in [2.75, 3.05) is 74.3 Å². The third kappa shape index (κ3) is 5.61. The number of anilines is 3. The van der Waals surface area contributed by atoms with E-state index in [0.29, 0.717) is 0 Å². The van der Waals surface area contributed by atoms with Crippen LogP contribution in [0.25, 0.3) is 10.8 Å². The van der Waals surface area contributed by atoms with E-state index in [2.05, 4.69) is 107 Å². The van der Waals surface area contributed by atoms with Gasteiger partial charge in [-0.2, -0.15) is 0 Å². The summed E-state index contributed by atoms with van der Waals surface area (Å²) in [5.74, 6) is 0.132. The fourth-order valence-corrected chi connectivity index (χ4v) is 5.94. The zero-order chi connectivity index (χ0) is 26.4. The van der Waals surface area contributed by atoms with Gasteiger partial charge in [-0.3, -0.25) is 0 Å². The summed E-state index contributed by atoms with van der Waals surface area (Å²) in [6.07, 6.45) is 1.10. The van der Waals surface area contributed by atoms with Gasteiger partial charge < -0.3 is 24.6 Å². The molecule has 0 spiro atoms. The lowest BCUT2D eigenvalue weighted by Gasteiger charge is -2.30. The smallest absolute Gasteiger partial charge is 0.0642 e. The highest BCUT2D eigenvalue weighted by Crippen LogP contribution is 2.39. The van der Waals surface area contributed by atoms with Crippen LogP contribution in [0.2, 0.25) is 0 Å². The molecule has 39 heavy (non-hydrogen) atoms. The minimum absolute atomic E-state index is 0.132. The van der Waals surface area contributed by atoms with E-state index in [1.54, 1.807) is 0 Å². The van der Waals surface area contributed by atoms with E-state index in [9.17, 15) is 0 Å². The summed E-state index contributed by atoms with van der Waals surface area (Å²) in [6, 6.07) is 31.9. The summed E-state index contributed by atoms with van der Waals surface area (Å²) in [4.78, 5) is 4.84. The van der Waals surface area contributed by atoms with Crippen molar-refractivity contribution in [3.05, 3.63) is 102 Å². The lowest BCUT2D eigenvalue weighted by molar-refractivity contribution is 0.122. The van der Waals surface area contributed by atoms with E-state index in [-0.39, 0.29) is 5.92 Å². The summed E-state index contributed by atoms with van der Waals surface area (Å²) in [5, 5.41) is 6.22. The van der Waals surface area contributed by atoms with Gasteiger partial charge in [0.2, 0.25) is 0 Å². The zero-order valence-electron chi connectivity index (χ0n) is 22.9. The van der Waals surface area contributed by atoms with Gasteiger partial charge in [0.05, 0.1) is 26.4 Å². The maximum atomic E-state index is 5.57. The third-order valence-electron chi connectivity index (χ3n) is 8.04. The van der Waals surface area contributed by atoms with Crippen LogP contribution in [0.5, 0.6) is 0 Å². The van der Waals surface area contributed by atoms with Crippen LogP contribution in [-0.4, -0.2) is 59.2 Å². The molecule has 202 valence electrons. The molecule has 0 unspecified atom stereocenters. The summed E-state index contributed by atoms with van der Waals surface area (Å²) >= 11 is 0. The summed E-state index contributed by atoms with van der Waals surface area (Å²) < 4.78 is 11.1. The van der Waals surface area contributed by atoms with Crippen LogP contribution in [0, 0.1) is 0 Å². The van der Waals surface area contributed by atoms with Crippen molar-refractivity contribution in [2.45, 2.75) is 19.3 Å². The summed E-state index contributed by atoms with van der Waals surface area (Å²) in [6.45, 7) is 10.2. The van der Waals surface area contributed by atoms with Crippen molar-refractivity contribution in [3.63, 3.8) is 0 Å². The van der Waals surface area contributed by atoms with Crippen LogP contribution in [-0.2, 0) is 9.47 Å². The molecule has 2 aliphatic heterocycles. The van der Waals surface area contributed by atoms with Crippen LogP contribution in [0.1, 0.15) is 36.0 Å². The second kappa shape index (κ2) is 12.1. The van der Waals surface area contributed by atoms with Gasteiger partial charge in [0.1, 0.15) is 0 Å². The van der Waals surface area contributed by atoms with Gasteiger partial charge in [-0.25, -0.2) is 0 Å². The molecule has 5 heteroatoms. The van der Waals surface area contributed by atoms with Gasteiger partial charge in [-0.1, -0.05) is 61.5 Å². The highest BCUT2D eigenvalue weighted by molar-refractivity contribution is 5.97. The van der Waals surface area contributed by atoms with Crippen LogP contribution < -0.4 is 15.1 Å². The van der Waals surface area contributed by atoms with E-state index >= 15 is 0 Å². The number of nitrogens with zero attached hydrogens (tertiary/aromatic N) is 2. The van der Waals surface area contributed by atoms with E-state index in [4.69, 9.17) is 9.47 Å². The second-order valence-electron chi connectivity index (χ2n) is 10.5. The number of rotatable bonds is 8. The van der Waals surface area contributed by atoms with Gasteiger partial charge in [-0.05, 0) is 58.8 Å². The van der Waals surface area contributed by atoms with Gasteiger partial charge in [0.25, 0.3) is 0 Å². The van der Waals surface area contributed by atoms with E-state index < -0.39 is 0 Å². The molecule has 2 heterocycles. The Morgan fingerprint density at radius 1 is 0.641 bits per heavy atom. The first-order chi connectivity index (χ1) is 19.3. The Labute approximate surface area is 232 Å². The lowest BCUT2D eigenvalue weighted by atomic mass is 9.82. The maximum absolute atomic E-state index is 5.57. The molecule has 1 N–H and O–H groups in total. The van der Waals surface area contributed by atoms with Crippen LogP contribution >= 0.6 is 0 Å². The van der Waals surface area contributed by atoms with Gasteiger partial charge in [0.15, 0.2) is 0 Å². The predicted octanol–water partition coefficient (Wildman–Crippen LogP) is 6.52. The highest BCUT2D eigenvalue weighted by atomic mass is 16.5. The topological polar surface area (TPSA) is 37.0 Å². The first-order valence-electron chi connectivity index (χ1n) is 14.4. The molecule has 0 aliphatic carbocycles. The molecule has 0 atom stereocenters. The molecule has 0 aromatic heterocycles. The molecule has 4 aromatic carbocycles. The number of hydrogen-bond donors (Lipinski definition) is 1. The number of morpholine rings is 2. The van der Waals surface area contributed by atoms with Crippen molar-refractivity contribution in [2.24, 2.45) is 0 Å². The van der Waals surface area contributed by atoms with Gasteiger partial charge in [-0.15, -0.1) is 0 Å². The number of ether oxygens (including phenoxy) is 2. The number of fused-ring (bicyclic) bond motifs is 1. The number of benzene rings is 4. The van der Waals surface area contributed by atoms with E-state index in [0.717, 1.165) is 65.6 Å². The van der Waals surface area contributed by atoms with Crippen molar-refractivity contribution < 1.29 is 9.47 Å². The van der Waals surface area contributed by atoms with Crippen molar-refractivity contribution in [3.8, 4) is 0 Å². The first kappa shape index (κ1) is 25.7. The normalized spacial score (nSPS) is 16.2. The Morgan fingerprint density at radius 2 is 1.15 bits per heavy atom. The number of nitrogens with one attached hydrogen (secondary N) is 1. The highest BCUT2D eigenvalue weighted by Gasteiger charge is 2.22. The fourth-order valence-electron chi connectivity index (χ4n) is 5.94. The predicted molar refractivity (Wildman–Crippen MR) is 163 cm³/mol. The maximum Gasteiger partial charge on any atom is 0.0642 e. The Bertz CT molecular complexity index is 1300. The molecule has 0 radical (unpaired) electrons. The first-order valence-corrected chi connectivity index (χ1v) is 14.4.